The van der Waals surface area contributed by atoms with Crippen LogP contribution >= 0.6 is 0 Å². The van der Waals surface area contributed by atoms with Gasteiger partial charge in [0.25, 0.3) is 0 Å². The molecule has 178 valence electrons. The summed E-state index contributed by atoms with van der Waals surface area (Å²) >= 11 is 0. The number of hydrogen-bond donors (Lipinski definition) is 1. The van der Waals surface area contributed by atoms with Crippen molar-refractivity contribution < 1.29 is 22.7 Å². The van der Waals surface area contributed by atoms with E-state index in [9.17, 15) is 13.2 Å². The van der Waals surface area contributed by atoms with Crippen molar-refractivity contribution in [2.24, 2.45) is 11.8 Å². The second kappa shape index (κ2) is 9.41. The van der Waals surface area contributed by atoms with E-state index in [0.717, 1.165) is 55.2 Å². The average Bonchev–Trinajstić information content (AvgIpc) is 3.20. The lowest BCUT2D eigenvalue weighted by Gasteiger charge is -2.39. The highest BCUT2D eigenvalue weighted by Crippen LogP contribution is 2.34. The lowest BCUT2D eigenvalue weighted by Crippen LogP contribution is -2.49. The summed E-state index contributed by atoms with van der Waals surface area (Å²) in [6.07, 6.45) is 4.87. The van der Waals surface area contributed by atoms with Gasteiger partial charge in [0.05, 0.1) is 18.1 Å². The number of likely N-dealkylation sites (tertiary alicyclic amines) is 1. The van der Waals surface area contributed by atoms with Gasteiger partial charge < -0.3 is 14.4 Å². The van der Waals surface area contributed by atoms with E-state index in [2.05, 4.69) is 4.72 Å². The first-order valence-corrected chi connectivity index (χ1v) is 13.3. The van der Waals surface area contributed by atoms with E-state index in [1.807, 2.05) is 37.8 Å². The molecule has 1 saturated carbocycles. The normalized spacial score (nSPS) is 25.9. The van der Waals surface area contributed by atoms with Crippen LogP contribution in [-0.2, 0) is 24.3 Å². The summed E-state index contributed by atoms with van der Waals surface area (Å²) in [7, 11) is -3.54. The maximum absolute atomic E-state index is 13.0. The molecule has 1 aromatic carbocycles. The maximum atomic E-state index is 13.0. The number of hydrogen-bond acceptors (Lipinski definition) is 5. The van der Waals surface area contributed by atoms with Gasteiger partial charge in [0.15, 0.2) is 5.79 Å². The SMILES string of the molecule is Cc1cc(C)c(S(=O)(=O)NCC2CCC(C(=O)N3CCC4(CC3)OCCO4)CC2)c(C)c1. The number of nitrogens with one attached hydrogen (secondary N) is 1. The molecule has 1 amide bonds. The van der Waals surface area contributed by atoms with Crippen LogP contribution in [0.2, 0.25) is 0 Å². The van der Waals surface area contributed by atoms with Gasteiger partial charge in [-0.15, -0.1) is 0 Å². The number of aryl methyl sites for hydroxylation is 3. The van der Waals surface area contributed by atoms with Crippen molar-refractivity contribution in [2.45, 2.75) is 70.0 Å². The summed E-state index contributed by atoms with van der Waals surface area (Å²) in [4.78, 5) is 15.4. The molecule has 0 atom stereocenters. The first-order chi connectivity index (χ1) is 15.2. The molecule has 32 heavy (non-hydrogen) atoms. The summed E-state index contributed by atoms with van der Waals surface area (Å²) in [5.74, 6) is 0.0937. The van der Waals surface area contributed by atoms with Crippen LogP contribution in [0.5, 0.6) is 0 Å². The largest absolute Gasteiger partial charge is 0.347 e. The third-order valence-corrected chi connectivity index (χ3v) is 9.01. The van der Waals surface area contributed by atoms with Gasteiger partial charge in [-0.05, 0) is 63.5 Å². The highest BCUT2D eigenvalue weighted by Gasteiger charge is 2.42. The first kappa shape index (κ1) is 23.7. The summed E-state index contributed by atoms with van der Waals surface area (Å²) in [6.45, 7) is 8.76. The van der Waals surface area contributed by atoms with Gasteiger partial charge in [0.2, 0.25) is 15.9 Å². The van der Waals surface area contributed by atoms with Crippen LogP contribution in [0.3, 0.4) is 0 Å². The van der Waals surface area contributed by atoms with Gasteiger partial charge in [0, 0.05) is 38.4 Å². The minimum Gasteiger partial charge on any atom is -0.347 e. The molecule has 3 aliphatic rings. The number of benzene rings is 1. The van der Waals surface area contributed by atoms with E-state index in [-0.39, 0.29) is 17.7 Å². The van der Waals surface area contributed by atoms with Crippen LogP contribution in [0.25, 0.3) is 0 Å². The maximum Gasteiger partial charge on any atom is 0.241 e. The van der Waals surface area contributed by atoms with E-state index < -0.39 is 15.8 Å². The number of sulfonamides is 1. The molecule has 0 bridgehead atoms. The molecule has 1 N–H and O–H groups in total. The fraction of sp³-hybridized carbons (Fsp3) is 0.708. The Hall–Kier alpha value is -1.48. The van der Waals surface area contributed by atoms with Crippen molar-refractivity contribution in [3.8, 4) is 0 Å². The molecule has 3 fully saturated rings. The zero-order valence-electron chi connectivity index (χ0n) is 19.5. The number of piperidine rings is 1. The van der Waals surface area contributed by atoms with Crippen LogP contribution < -0.4 is 4.72 Å². The monoisotopic (exact) mass is 464 g/mol. The quantitative estimate of drug-likeness (QED) is 0.724. The van der Waals surface area contributed by atoms with Crippen LogP contribution in [0, 0.1) is 32.6 Å². The Bertz CT molecular complexity index is 914. The van der Waals surface area contributed by atoms with E-state index >= 15 is 0 Å². The molecule has 1 aromatic rings. The molecular formula is C24H36N2O5S. The summed E-state index contributed by atoms with van der Waals surface area (Å²) in [5.41, 5.74) is 2.62. The van der Waals surface area contributed by atoms with Gasteiger partial charge >= 0.3 is 0 Å². The van der Waals surface area contributed by atoms with Crippen molar-refractivity contribution in [1.82, 2.24) is 9.62 Å². The second-order valence-corrected chi connectivity index (χ2v) is 11.4. The number of ether oxygens (including phenoxy) is 2. The molecule has 2 heterocycles. The number of amides is 1. The third kappa shape index (κ3) is 5.03. The Balaban J connectivity index is 1.26. The molecule has 0 unspecified atom stereocenters. The van der Waals surface area contributed by atoms with Crippen LogP contribution in [0.1, 0.15) is 55.2 Å². The molecule has 0 radical (unpaired) electrons. The average molecular weight is 465 g/mol. The van der Waals surface area contributed by atoms with Gasteiger partial charge in [-0.3, -0.25) is 4.79 Å². The van der Waals surface area contributed by atoms with E-state index in [0.29, 0.717) is 37.7 Å². The van der Waals surface area contributed by atoms with Crippen LogP contribution in [0.4, 0.5) is 0 Å². The minimum absolute atomic E-state index is 0.0453. The highest BCUT2D eigenvalue weighted by atomic mass is 32.2. The summed E-state index contributed by atoms with van der Waals surface area (Å²) in [5, 5.41) is 0. The zero-order chi connectivity index (χ0) is 22.9. The van der Waals surface area contributed by atoms with Crippen molar-refractivity contribution in [1.29, 1.82) is 0 Å². The van der Waals surface area contributed by atoms with Crippen molar-refractivity contribution in [3.63, 3.8) is 0 Å². The predicted molar refractivity (Wildman–Crippen MR) is 122 cm³/mol. The molecule has 1 aliphatic carbocycles. The lowest BCUT2D eigenvalue weighted by molar-refractivity contribution is -0.188. The Morgan fingerprint density at radius 3 is 2.16 bits per heavy atom. The van der Waals surface area contributed by atoms with Gasteiger partial charge in [-0.1, -0.05) is 17.7 Å². The molecule has 4 rings (SSSR count). The topological polar surface area (TPSA) is 84.9 Å². The smallest absolute Gasteiger partial charge is 0.241 e. The zero-order valence-corrected chi connectivity index (χ0v) is 20.3. The number of rotatable bonds is 5. The molecule has 7 nitrogen and oxygen atoms in total. The Kier molecular flexibility index (Phi) is 6.96. The Morgan fingerprint density at radius 1 is 1.03 bits per heavy atom. The molecule has 8 heteroatoms. The van der Waals surface area contributed by atoms with Crippen LogP contribution in [-0.4, -0.2) is 57.9 Å². The lowest BCUT2D eigenvalue weighted by atomic mass is 9.81. The fourth-order valence-corrected chi connectivity index (χ4v) is 7.18. The number of nitrogens with zero attached hydrogens (tertiary/aromatic N) is 1. The standard InChI is InChI=1S/C24H36N2O5S/c1-17-14-18(2)22(19(3)15-17)32(28,29)25-16-20-4-6-21(7-5-20)23(27)26-10-8-24(9-11-26)30-12-13-31-24/h14-15,20-21,25H,4-13,16H2,1-3H3. The van der Waals surface area contributed by atoms with E-state index in [4.69, 9.17) is 9.47 Å². The van der Waals surface area contributed by atoms with Crippen molar-refractivity contribution in [3.05, 3.63) is 28.8 Å². The van der Waals surface area contributed by atoms with Crippen molar-refractivity contribution >= 4 is 15.9 Å². The van der Waals surface area contributed by atoms with Crippen molar-refractivity contribution in [2.75, 3.05) is 32.8 Å². The van der Waals surface area contributed by atoms with E-state index in [1.54, 1.807) is 0 Å². The Morgan fingerprint density at radius 2 is 1.59 bits per heavy atom. The van der Waals surface area contributed by atoms with Crippen LogP contribution in [0.15, 0.2) is 17.0 Å². The highest BCUT2D eigenvalue weighted by molar-refractivity contribution is 7.89. The first-order valence-electron chi connectivity index (χ1n) is 11.8. The molecule has 0 aromatic heterocycles. The Labute approximate surface area is 191 Å². The van der Waals surface area contributed by atoms with Gasteiger partial charge in [0.1, 0.15) is 0 Å². The molecule has 2 saturated heterocycles. The fourth-order valence-electron chi connectivity index (χ4n) is 5.62. The predicted octanol–water partition coefficient (Wildman–Crippen LogP) is 3.06. The van der Waals surface area contributed by atoms with E-state index in [1.165, 1.54) is 0 Å². The molecule has 2 aliphatic heterocycles. The number of carbonyl (C=O) groups excluding carboxylic acids is 1. The summed E-state index contributed by atoms with van der Waals surface area (Å²) in [6, 6.07) is 3.82. The minimum atomic E-state index is -3.54. The second-order valence-electron chi connectivity index (χ2n) is 9.73. The molecular weight excluding hydrogens is 428 g/mol. The summed E-state index contributed by atoms with van der Waals surface area (Å²) < 4.78 is 40.2. The number of carbonyl (C=O) groups is 1. The van der Waals surface area contributed by atoms with Gasteiger partial charge in [-0.2, -0.15) is 0 Å². The van der Waals surface area contributed by atoms with Gasteiger partial charge in [-0.25, -0.2) is 13.1 Å². The third-order valence-electron chi connectivity index (χ3n) is 7.28. The molecule has 1 spiro atoms.